The maximum Gasteiger partial charge on any atom is 0.269 e. The second-order valence-electron chi connectivity index (χ2n) is 5.41. The molecule has 0 aliphatic rings. The van der Waals surface area contributed by atoms with E-state index in [1.807, 2.05) is 54.6 Å². The van der Waals surface area contributed by atoms with Gasteiger partial charge in [0, 0.05) is 23.3 Å². The SMILES string of the molecule is O=[N+]([O-])c1ccc(N/N=C\c2ccc(C#Cc3ccccc3)cc2)cc1. The second-order valence-corrected chi connectivity index (χ2v) is 5.41. The Hall–Kier alpha value is -3.91. The molecule has 0 bridgehead atoms. The molecule has 0 radical (unpaired) electrons. The largest absolute Gasteiger partial charge is 0.278 e. The van der Waals surface area contributed by atoms with Gasteiger partial charge in [-0.25, -0.2) is 0 Å². The van der Waals surface area contributed by atoms with Crippen molar-refractivity contribution in [2.24, 2.45) is 5.10 Å². The quantitative estimate of drug-likeness (QED) is 0.330. The van der Waals surface area contributed by atoms with Crippen LogP contribution in [0.4, 0.5) is 11.4 Å². The molecule has 5 heteroatoms. The number of non-ortho nitro benzene ring substituents is 1. The van der Waals surface area contributed by atoms with E-state index in [0.29, 0.717) is 5.69 Å². The van der Waals surface area contributed by atoms with Gasteiger partial charge in [0.1, 0.15) is 0 Å². The summed E-state index contributed by atoms with van der Waals surface area (Å²) in [5.41, 5.74) is 6.39. The molecule has 3 aromatic carbocycles. The number of nitrogens with one attached hydrogen (secondary N) is 1. The Bertz CT molecular complexity index is 968. The number of nitro benzene ring substituents is 1. The summed E-state index contributed by atoms with van der Waals surface area (Å²) in [6, 6.07) is 23.6. The van der Waals surface area contributed by atoms with Crippen molar-refractivity contribution in [3.8, 4) is 11.8 Å². The molecule has 1 N–H and O–H groups in total. The topological polar surface area (TPSA) is 67.5 Å². The van der Waals surface area contributed by atoms with Crippen LogP contribution >= 0.6 is 0 Å². The van der Waals surface area contributed by atoms with Crippen molar-refractivity contribution in [1.29, 1.82) is 0 Å². The van der Waals surface area contributed by atoms with E-state index in [4.69, 9.17) is 0 Å². The number of hydrazone groups is 1. The fourth-order valence-electron chi connectivity index (χ4n) is 2.16. The molecule has 0 atom stereocenters. The normalized spacial score (nSPS) is 10.2. The summed E-state index contributed by atoms with van der Waals surface area (Å²) in [6.07, 6.45) is 1.68. The summed E-state index contributed by atoms with van der Waals surface area (Å²) in [5, 5.41) is 14.7. The third-order valence-corrected chi connectivity index (χ3v) is 3.52. The maximum absolute atomic E-state index is 10.6. The molecule has 26 heavy (non-hydrogen) atoms. The summed E-state index contributed by atoms with van der Waals surface area (Å²) in [5.74, 6) is 6.23. The van der Waals surface area contributed by atoms with Crippen LogP contribution in [0.3, 0.4) is 0 Å². The van der Waals surface area contributed by atoms with Crippen molar-refractivity contribution in [3.63, 3.8) is 0 Å². The van der Waals surface area contributed by atoms with Gasteiger partial charge in [0.05, 0.1) is 16.8 Å². The zero-order chi connectivity index (χ0) is 18.2. The highest BCUT2D eigenvalue weighted by Gasteiger charge is 2.02. The molecule has 0 aliphatic carbocycles. The Morgan fingerprint density at radius 1 is 0.846 bits per heavy atom. The predicted molar refractivity (Wildman–Crippen MR) is 103 cm³/mol. The van der Waals surface area contributed by atoms with Crippen LogP contribution in [-0.2, 0) is 0 Å². The lowest BCUT2D eigenvalue weighted by molar-refractivity contribution is -0.384. The third-order valence-electron chi connectivity index (χ3n) is 3.52. The Morgan fingerprint density at radius 3 is 2.08 bits per heavy atom. The molecule has 3 aromatic rings. The van der Waals surface area contributed by atoms with Crippen LogP contribution in [0.1, 0.15) is 16.7 Å². The van der Waals surface area contributed by atoms with Gasteiger partial charge >= 0.3 is 0 Å². The zero-order valence-electron chi connectivity index (χ0n) is 13.8. The van der Waals surface area contributed by atoms with E-state index in [0.717, 1.165) is 16.7 Å². The van der Waals surface area contributed by atoms with Gasteiger partial charge in [-0.3, -0.25) is 15.5 Å². The van der Waals surface area contributed by atoms with Crippen molar-refractivity contribution in [2.45, 2.75) is 0 Å². The number of nitro groups is 1. The summed E-state index contributed by atoms with van der Waals surface area (Å²) in [7, 11) is 0. The maximum atomic E-state index is 10.6. The smallest absolute Gasteiger partial charge is 0.269 e. The third kappa shape index (κ3) is 4.79. The molecule has 0 saturated heterocycles. The fraction of sp³-hybridized carbons (Fsp3) is 0. The van der Waals surface area contributed by atoms with E-state index >= 15 is 0 Å². The molecule has 5 nitrogen and oxygen atoms in total. The molecule has 3 rings (SSSR count). The van der Waals surface area contributed by atoms with E-state index in [2.05, 4.69) is 22.4 Å². The van der Waals surface area contributed by atoms with Gasteiger partial charge in [-0.2, -0.15) is 5.10 Å². The molecular weight excluding hydrogens is 326 g/mol. The first kappa shape index (κ1) is 16.9. The first-order chi connectivity index (χ1) is 12.7. The zero-order valence-corrected chi connectivity index (χ0v) is 13.8. The van der Waals surface area contributed by atoms with Crippen LogP contribution in [0.25, 0.3) is 0 Å². The number of nitrogens with zero attached hydrogens (tertiary/aromatic N) is 2. The molecule has 0 unspecified atom stereocenters. The molecule has 0 spiro atoms. The number of hydrogen-bond acceptors (Lipinski definition) is 4. The molecule has 126 valence electrons. The minimum absolute atomic E-state index is 0.0479. The predicted octanol–water partition coefficient (Wildman–Crippen LogP) is 4.44. The Kier molecular flexibility index (Phi) is 5.38. The summed E-state index contributed by atoms with van der Waals surface area (Å²) >= 11 is 0. The van der Waals surface area contributed by atoms with Gasteiger partial charge in [0.15, 0.2) is 0 Å². The van der Waals surface area contributed by atoms with Crippen LogP contribution in [0.5, 0.6) is 0 Å². The molecular formula is C21H15N3O2. The van der Waals surface area contributed by atoms with Crippen molar-refractivity contribution in [1.82, 2.24) is 0 Å². The van der Waals surface area contributed by atoms with Crippen LogP contribution in [-0.4, -0.2) is 11.1 Å². The van der Waals surface area contributed by atoms with E-state index in [1.165, 1.54) is 12.1 Å². The van der Waals surface area contributed by atoms with E-state index in [9.17, 15) is 10.1 Å². The molecule has 0 saturated carbocycles. The highest BCUT2D eigenvalue weighted by molar-refractivity contribution is 5.80. The van der Waals surface area contributed by atoms with Gasteiger partial charge in [0.25, 0.3) is 5.69 Å². The number of rotatable bonds is 4. The molecule has 0 aromatic heterocycles. The van der Waals surface area contributed by atoms with Crippen LogP contribution in [0, 0.1) is 22.0 Å². The van der Waals surface area contributed by atoms with Gasteiger partial charge in [-0.15, -0.1) is 0 Å². The first-order valence-electron chi connectivity index (χ1n) is 7.91. The average Bonchev–Trinajstić information content (AvgIpc) is 2.68. The number of hydrogen-bond donors (Lipinski definition) is 1. The number of benzene rings is 3. The number of anilines is 1. The van der Waals surface area contributed by atoms with E-state index in [1.54, 1.807) is 18.3 Å². The standard InChI is InChI=1S/C21H15N3O2/c25-24(26)21-14-12-20(13-15-21)23-22-16-19-10-8-18(9-11-19)7-6-17-4-2-1-3-5-17/h1-5,8-16,23H/b22-16-. The van der Waals surface area contributed by atoms with Crippen LogP contribution in [0.15, 0.2) is 84.0 Å². The lowest BCUT2D eigenvalue weighted by Crippen LogP contribution is -1.92. The summed E-state index contributed by atoms with van der Waals surface area (Å²) in [6.45, 7) is 0. The first-order valence-corrected chi connectivity index (χ1v) is 7.91. The summed E-state index contributed by atoms with van der Waals surface area (Å²) < 4.78 is 0. The van der Waals surface area contributed by atoms with Crippen LogP contribution < -0.4 is 5.43 Å². The van der Waals surface area contributed by atoms with Crippen molar-refractivity contribution in [3.05, 3.63) is 106 Å². The van der Waals surface area contributed by atoms with Gasteiger partial charge in [-0.1, -0.05) is 42.2 Å². The minimum Gasteiger partial charge on any atom is -0.278 e. The fourth-order valence-corrected chi connectivity index (χ4v) is 2.16. The van der Waals surface area contributed by atoms with E-state index < -0.39 is 4.92 Å². The Labute approximate surface area is 151 Å². The van der Waals surface area contributed by atoms with Crippen molar-refractivity contribution >= 4 is 17.6 Å². The van der Waals surface area contributed by atoms with Crippen molar-refractivity contribution < 1.29 is 4.92 Å². The van der Waals surface area contributed by atoms with E-state index in [-0.39, 0.29) is 5.69 Å². The van der Waals surface area contributed by atoms with Gasteiger partial charge in [0.2, 0.25) is 0 Å². The summed E-state index contributed by atoms with van der Waals surface area (Å²) in [4.78, 5) is 10.2. The molecule has 0 fully saturated rings. The second kappa shape index (κ2) is 8.27. The van der Waals surface area contributed by atoms with Gasteiger partial charge < -0.3 is 0 Å². The average molecular weight is 341 g/mol. The molecule has 0 heterocycles. The molecule has 0 amide bonds. The lowest BCUT2D eigenvalue weighted by atomic mass is 10.1. The van der Waals surface area contributed by atoms with Gasteiger partial charge in [-0.05, 0) is 42.0 Å². The van der Waals surface area contributed by atoms with Crippen LogP contribution in [0.2, 0.25) is 0 Å². The lowest BCUT2D eigenvalue weighted by Gasteiger charge is -1.99. The highest BCUT2D eigenvalue weighted by Crippen LogP contribution is 2.15. The highest BCUT2D eigenvalue weighted by atomic mass is 16.6. The Balaban J connectivity index is 1.59. The Morgan fingerprint density at radius 2 is 1.46 bits per heavy atom. The molecule has 0 aliphatic heterocycles. The monoisotopic (exact) mass is 341 g/mol. The van der Waals surface area contributed by atoms with Crippen molar-refractivity contribution in [2.75, 3.05) is 5.43 Å². The minimum atomic E-state index is -0.435.